The van der Waals surface area contributed by atoms with E-state index in [2.05, 4.69) is 21.0 Å². The third kappa shape index (κ3) is 4.41. The number of amides is 2. The van der Waals surface area contributed by atoms with Crippen LogP contribution in [0.15, 0.2) is 23.6 Å². The number of thiazole rings is 1. The number of rotatable bonds is 6. The lowest BCUT2D eigenvalue weighted by Gasteiger charge is -2.08. The predicted octanol–water partition coefficient (Wildman–Crippen LogP) is 3.17. The summed E-state index contributed by atoms with van der Waals surface area (Å²) in [6.07, 6.45) is 2.43. The number of hydrogen-bond donors (Lipinski definition) is 2. The van der Waals surface area contributed by atoms with Crippen molar-refractivity contribution in [1.82, 2.24) is 15.6 Å². The molecule has 2 amide bonds. The first-order valence-electron chi connectivity index (χ1n) is 7.43. The highest BCUT2D eigenvalue weighted by molar-refractivity contribution is 7.09. The van der Waals surface area contributed by atoms with E-state index in [9.17, 15) is 9.18 Å². The summed E-state index contributed by atoms with van der Waals surface area (Å²) in [7, 11) is 1.47. The van der Waals surface area contributed by atoms with Gasteiger partial charge in [0.2, 0.25) is 0 Å². The number of nitrogens with one attached hydrogen (secondary N) is 2. The number of aromatic nitrogens is 1. The summed E-state index contributed by atoms with van der Waals surface area (Å²) in [5.74, 6) is 0.659. The molecule has 0 aliphatic heterocycles. The van der Waals surface area contributed by atoms with Gasteiger partial charge in [0, 0.05) is 23.9 Å². The summed E-state index contributed by atoms with van der Waals surface area (Å²) >= 11 is 1.56. The van der Waals surface area contributed by atoms with Gasteiger partial charge in [-0.3, -0.25) is 0 Å². The van der Waals surface area contributed by atoms with Crippen molar-refractivity contribution in [2.75, 3.05) is 7.11 Å². The van der Waals surface area contributed by atoms with Crippen molar-refractivity contribution >= 4 is 17.4 Å². The Labute approximate surface area is 137 Å². The van der Waals surface area contributed by atoms with Crippen LogP contribution < -0.4 is 15.4 Å². The van der Waals surface area contributed by atoms with Crippen molar-refractivity contribution in [1.29, 1.82) is 0 Å². The lowest BCUT2D eigenvalue weighted by atomic mass is 10.2. The minimum atomic E-state index is -0.392. The van der Waals surface area contributed by atoms with Crippen molar-refractivity contribution in [2.45, 2.75) is 31.8 Å². The Morgan fingerprint density at radius 1 is 1.35 bits per heavy atom. The van der Waals surface area contributed by atoms with Gasteiger partial charge in [-0.1, -0.05) is 0 Å². The van der Waals surface area contributed by atoms with E-state index in [-0.39, 0.29) is 12.6 Å². The summed E-state index contributed by atoms with van der Waals surface area (Å²) in [5, 5.41) is 8.41. The number of nitrogens with zero attached hydrogens (tertiary/aromatic N) is 1. The van der Waals surface area contributed by atoms with Crippen LogP contribution in [0.2, 0.25) is 0 Å². The Morgan fingerprint density at radius 2 is 2.13 bits per heavy atom. The number of benzene rings is 1. The second kappa shape index (κ2) is 6.95. The summed E-state index contributed by atoms with van der Waals surface area (Å²) in [6.45, 7) is 0.626. The Hall–Kier alpha value is -2.15. The molecule has 122 valence electrons. The number of methoxy groups -OCH3 is 1. The van der Waals surface area contributed by atoms with E-state index in [4.69, 9.17) is 4.74 Å². The van der Waals surface area contributed by atoms with Crippen LogP contribution in [0, 0.1) is 5.82 Å². The van der Waals surface area contributed by atoms with E-state index in [0.717, 1.165) is 10.7 Å². The number of carbonyl (C=O) groups excluding carboxylic acids is 1. The third-order valence-electron chi connectivity index (χ3n) is 3.59. The van der Waals surface area contributed by atoms with E-state index < -0.39 is 5.82 Å². The van der Waals surface area contributed by atoms with E-state index in [1.807, 2.05) is 0 Å². The lowest BCUT2D eigenvalue weighted by molar-refractivity contribution is 0.240. The predicted molar refractivity (Wildman–Crippen MR) is 86.1 cm³/mol. The van der Waals surface area contributed by atoms with Crippen LogP contribution in [0.3, 0.4) is 0 Å². The Bertz CT molecular complexity index is 700. The maximum absolute atomic E-state index is 13.4. The van der Waals surface area contributed by atoms with Crippen LogP contribution in [0.4, 0.5) is 9.18 Å². The quantitative estimate of drug-likeness (QED) is 0.852. The van der Waals surface area contributed by atoms with Crippen molar-refractivity contribution in [3.05, 3.63) is 45.7 Å². The number of ether oxygens (including phenoxy) is 1. The van der Waals surface area contributed by atoms with E-state index in [1.54, 1.807) is 17.4 Å². The van der Waals surface area contributed by atoms with Crippen LogP contribution in [-0.2, 0) is 13.1 Å². The summed E-state index contributed by atoms with van der Waals surface area (Å²) in [4.78, 5) is 16.3. The van der Waals surface area contributed by atoms with Crippen LogP contribution >= 0.6 is 11.3 Å². The highest BCUT2D eigenvalue weighted by Gasteiger charge is 2.25. The lowest BCUT2D eigenvalue weighted by Crippen LogP contribution is -2.34. The molecule has 0 saturated heterocycles. The highest BCUT2D eigenvalue weighted by atomic mass is 32.1. The molecule has 2 N–H and O–H groups in total. The van der Waals surface area contributed by atoms with Gasteiger partial charge in [0.1, 0.15) is 16.6 Å². The molecule has 1 aliphatic carbocycles. The molecule has 1 aliphatic rings. The molecular weight excluding hydrogens is 317 g/mol. The molecule has 0 atom stereocenters. The van der Waals surface area contributed by atoms with E-state index in [0.29, 0.717) is 23.8 Å². The topological polar surface area (TPSA) is 63.2 Å². The monoisotopic (exact) mass is 335 g/mol. The van der Waals surface area contributed by atoms with Gasteiger partial charge in [-0.05, 0) is 30.5 Å². The Morgan fingerprint density at radius 3 is 2.87 bits per heavy atom. The number of carbonyl (C=O) groups is 1. The zero-order valence-electron chi connectivity index (χ0n) is 12.8. The molecule has 1 heterocycles. The second-order valence-electron chi connectivity index (χ2n) is 5.48. The third-order valence-corrected chi connectivity index (χ3v) is 4.45. The van der Waals surface area contributed by atoms with Crippen LogP contribution in [0.25, 0.3) is 0 Å². The fourth-order valence-electron chi connectivity index (χ4n) is 2.21. The van der Waals surface area contributed by atoms with Gasteiger partial charge in [0.25, 0.3) is 0 Å². The SMILES string of the molecule is COc1cc(F)cc(CNC(=O)NCc2nc(C3CC3)cs2)c1. The van der Waals surface area contributed by atoms with Gasteiger partial charge in [-0.15, -0.1) is 11.3 Å². The number of halogens is 1. The zero-order valence-corrected chi connectivity index (χ0v) is 13.6. The molecule has 1 saturated carbocycles. The first-order valence-corrected chi connectivity index (χ1v) is 8.31. The first kappa shape index (κ1) is 15.7. The standard InChI is InChI=1S/C16H18FN3O2S/c1-22-13-5-10(4-12(17)6-13)7-18-16(21)19-8-15-20-14(9-23-15)11-2-3-11/h4-6,9,11H,2-3,7-8H2,1H3,(H2,18,19,21). The normalized spacial score (nSPS) is 13.7. The van der Waals surface area contributed by atoms with Gasteiger partial charge in [-0.2, -0.15) is 0 Å². The molecule has 0 spiro atoms. The van der Waals surface area contributed by atoms with Crippen molar-refractivity contribution in [2.24, 2.45) is 0 Å². The molecule has 23 heavy (non-hydrogen) atoms. The maximum Gasteiger partial charge on any atom is 0.315 e. The largest absolute Gasteiger partial charge is 0.497 e. The van der Waals surface area contributed by atoms with Crippen LogP contribution in [-0.4, -0.2) is 18.1 Å². The molecule has 5 nitrogen and oxygen atoms in total. The molecule has 1 fully saturated rings. The Balaban J connectivity index is 1.46. The minimum absolute atomic E-state index is 0.227. The van der Waals surface area contributed by atoms with Gasteiger partial charge in [-0.25, -0.2) is 14.2 Å². The van der Waals surface area contributed by atoms with Gasteiger partial charge in [0.15, 0.2) is 0 Å². The molecule has 1 aromatic carbocycles. The number of hydrogen-bond acceptors (Lipinski definition) is 4. The molecule has 0 unspecified atom stereocenters. The van der Waals surface area contributed by atoms with Gasteiger partial charge >= 0.3 is 6.03 Å². The zero-order chi connectivity index (χ0) is 16.2. The van der Waals surface area contributed by atoms with Crippen LogP contribution in [0.1, 0.15) is 35.0 Å². The maximum atomic E-state index is 13.4. The average molecular weight is 335 g/mol. The molecule has 1 aromatic heterocycles. The smallest absolute Gasteiger partial charge is 0.315 e. The molecule has 0 bridgehead atoms. The first-order chi connectivity index (χ1) is 11.1. The fraction of sp³-hybridized carbons (Fsp3) is 0.375. The molecule has 3 rings (SSSR count). The summed E-state index contributed by atoms with van der Waals surface area (Å²) < 4.78 is 18.4. The van der Waals surface area contributed by atoms with Gasteiger partial charge in [0.05, 0.1) is 19.3 Å². The highest BCUT2D eigenvalue weighted by Crippen LogP contribution is 2.40. The Kier molecular flexibility index (Phi) is 4.76. The summed E-state index contributed by atoms with van der Waals surface area (Å²) in [5.41, 5.74) is 1.78. The van der Waals surface area contributed by atoms with E-state index in [1.165, 1.54) is 32.1 Å². The second-order valence-corrected chi connectivity index (χ2v) is 6.42. The van der Waals surface area contributed by atoms with Crippen molar-refractivity contribution < 1.29 is 13.9 Å². The van der Waals surface area contributed by atoms with Crippen molar-refractivity contribution in [3.63, 3.8) is 0 Å². The van der Waals surface area contributed by atoms with Gasteiger partial charge < -0.3 is 15.4 Å². The number of urea groups is 1. The van der Waals surface area contributed by atoms with E-state index >= 15 is 0 Å². The van der Waals surface area contributed by atoms with Crippen LogP contribution in [0.5, 0.6) is 5.75 Å². The summed E-state index contributed by atoms with van der Waals surface area (Å²) in [6, 6.07) is 4.04. The average Bonchev–Trinajstić information content (AvgIpc) is 3.29. The minimum Gasteiger partial charge on any atom is -0.497 e. The molecule has 7 heteroatoms. The molecule has 0 radical (unpaired) electrons. The molecular formula is C16H18FN3O2S. The van der Waals surface area contributed by atoms with Crippen molar-refractivity contribution in [3.8, 4) is 5.75 Å². The fourth-order valence-corrected chi connectivity index (χ4v) is 3.03. The molecule has 2 aromatic rings.